The van der Waals surface area contributed by atoms with Crippen molar-refractivity contribution in [1.29, 1.82) is 0 Å². The Labute approximate surface area is 107 Å². The third-order valence-electron chi connectivity index (χ3n) is 2.45. The van der Waals surface area contributed by atoms with Gasteiger partial charge < -0.3 is 9.73 Å². The molecule has 0 radical (unpaired) electrons. The van der Waals surface area contributed by atoms with Gasteiger partial charge >= 0.3 is 6.18 Å². The van der Waals surface area contributed by atoms with Crippen molar-refractivity contribution in [2.45, 2.75) is 12.7 Å². The first kappa shape index (κ1) is 13.2. The van der Waals surface area contributed by atoms with Gasteiger partial charge in [-0.25, -0.2) is 0 Å². The molecule has 2 rings (SSSR count). The largest absolute Gasteiger partial charge is 0.459 e. The number of halogens is 3. The van der Waals surface area contributed by atoms with Gasteiger partial charge in [0.2, 0.25) is 0 Å². The molecule has 0 atom stereocenters. The normalized spacial score (nSPS) is 11.3. The van der Waals surface area contributed by atoms with Crippen molar-refractivity contribution < 1.29 is 22.4 Å². The van der Waals surface area contributed by atoms with E-state index in [1.54, 1.807) is 6.07 Å². The number of hydrogen-bond acceptors (Lipinski definition) is 2. The van der Waals surface area contributed by atoms with Crippen LogP contribution in [0.2, 0.25) is 0 Å². The van der Waals surface area contributed by atoms with E-state index in [0.29, 0.717) is 5.56 Å². The Bertz CT molecular complexity index is 562. The first-order valence-corrected chi connectivity index (χ1v) is 5.44. The molecule has 3 nitrogen and oxygen atoms in total. The molecule has 19 heavy (non-hydrogen) atoms. The zero-order valence-corrected chi connectivity index (χ0v) is 9.70. The number of rotatable bonds is 3. The van der Waals surface area contributed by atoms with Crippen molar-refractivity contribution >= 4 is 5.91 Å². The summed E-state index contributed by atoms with van der Waals surface area (Å²) in [6.07, 6.45) is -3.04. The summed E-state index contributed by atoms with van der Waals surface area (Å²) in [7, 11) is 0. The Morgan fingerprint density at radius 1 is 1.21 bits per heavy atom. The van der Waals surface area contributed by atoms with Crippen LogP contribution in [-0.4, -0.2) is 5.91 Å². The smallest absolute Gasteiger partial charge is 0.416 e. The van der Waals surface area contributed by atoms with Crippen molar-refractivity contribution in [1.82, 2.24) is 5.32 Å². The number of benzene rings is 1. The molecule has 0 aliphatic rings. The topological polar surface area (TPSA) is 42.2 Å². The summed E-state index contributed by atoms with van der Waals surface area (Å²) < 4.78 is 42.3. The molecule has 0 unspecified atom stereocenters. The van der Waals surface area contributed by atoms with Crippen molar-refractivity contribution in [3.63, 3.8) is 0 Å². The molecule has 1 aromatic heterocycles. The van der Waals surface area contributed by atoms with Crippen LogP contribution in [0.4, 0.5) is 13.2 Å². The summed E-state index contributed by atoms with van der Waals surface area (Å²) in [6.45, 7) is 0.00343. The second-order valence-corrected chi connectivity index (χ2v) is 3.86. The fourth-order valence-corrected chi connectivity index (χ4v) is 1.53. The van der Waals surface area contributed by atoms with Crippen LogP contribution in [0.15, 0.2) is 47.1 Å². The Morgan fingerprint density at radius 3 is 2.63 bits per heavy atom. The van der Waals surface area contributed by atoms with E-state index in [1.165, 1.54) is 24.5 Å². The van der Waals surface area contributed by atoms with Crippen LogP contribution in [-0.2, 0) is 12.7 Å². The lowest BCUT2D eigenvalue weighted by molar-refractivity contribution is -0.137. The maximum Gasteiger partial charge on any atom is 0.416 e. The van der Waals surface area contributed by atoms with E-state index in [9.17, 15) is 18.0 Å². The lowest BCUT2D eigenvalue weighted by atomic mass is 10.1. The van der Waals surface area contributed by atoms with Crippen LogP contribution in [0, 0.1) is 0 Å². The van der Waals surface area contributed by atoms with E-state index in [-0.39, 0.29) is 12.3 Å². The zero-order valence-electron chi connectivity index (χ0n) is 9.70. The van der Waals surface area contributed by atoms with E-state index in [2.05, 4.69) is 5.32 Å². The first-order chi connectivity index (χ1) is 8.97. The molecule has 1 N–H and O–H groups in total. The van der Waals surface area contributed by atoms with Gasteiger partial charge in [-0.2, -0.15) is 13.2 Å². The van der Waals surface area contributed by atoms with Gasteiger partial charge in [-0.3, -0.25) is 4.79 Å². The maximum atomic E-state index is 12.5. The average Bonchev–Trinajstić information content (AvgIpc) is 2.89. The SMILES string of the molecule is O=C(NCc1cccc(C(F)(F)F)c1)c1ccco1. The molecular weight excluding hydrogens is 259 g/mol. The number of carbonyl (C=O) groups excluding carboxylic acids is 1. The van der Waals surface area contributed by atoms with Crippen LogP contribution in [0.3, 0.4) is 0 Å². The van der Waals surface area contributed by atoms with Gasteiger partial charge in [-0.1, -0.05) is 12.1 Å². The van der Waals surface area contributed by atoms with E-state index in [1.807, 2.05) is 0 Å². The molecule has 0 aliphatic carbocycles. The molecule has 1 amide bonds. The minimum Gasteiger partial charge on any atom is -0.459 e. The predicted molar refractivity (Wildman–Crippen MR) is 61.3 cm³/mol. The molecule has 0 aliphatic heterocycles. The first-order valence-electron chi connectivity index (χ1n) is 5.44. The molecule has 0 fully saturated rings. The molecule has 0 bridgehead atoms. The second-order valence-electron chi connectivity index (χ2n) is 3.86. The lowest BCUT2D eigenvalue weighted by Crippen LogP contribution is -2.22. The van der Waals surface area contributed by atoms with Crippen LogP contribution in [0.25, 0.3) is 0 Å². The molecule has 1 heterocycles. The Morgan fingerprint density at radius 2 is 2.00 bits per heavy atom. The maximum absolute atomic E-state index is 12.5. The van der Waals surface area contributed by atoms with E-state index in [0.717, 1.165) is 12.1 Å². The third-order valence-corrected chi connectivity index (χ3v) is 2.45. The minimum atomic E-state index is -4.39. The molecule has 0 spiro atoms. The summed E-state index contributed by atoms with van der Waals surface area (Å²) in [6, 6.07) is 7.83. The van der Waals surface area contributed by atoms with Crippen molar-refractivity contribution in [2.24, 2.45) is 0 Å². The molecule has 6 heteroatoms. The van der Waals surface area contributed by atoms with Gasteiger partial charge in [-0.05, 0) is 29.8 Å². The van der Waals surface area contributed by atoms with E-state index in [4.69, 9.17) is 4.42 Å². The van der Waals surface area contributed by atoms with Crippen molar-refractivity contribution in [2.75, 3.05) is 0 Å². The summed E-state index contributed by atoms with van der Waals surface area (Å²) >= 11 is 0. The van der Waals surface area contributed by atoms with Crippen molar-refractivity contribution in [3.05, 3.63) is 59.5 Å². The monoisotopic (exact) mass is 269 g/mol. The predicted octanol–water partition coefficient (Wildman–Crippen LogP) is 3.23. The molecule has 2 aromatic rings. The summed E-state index contributed by atoms with van der Waals surface area (Å²) in [4.78, 5) is 11.5. The number of carbonyl (C=O) groups is 1. The summed E-state index contributed by atoms with van der Waals surface area (Å²) in [5.74, 6) is -0.352. The zero-order chi connectivity index (χ0) is 13.9. The highest BCUT2D eigenvalue weighted by atomic mass is 19.4. The van der Waals surface area contributed by atoms with Gasteiger partial charge in [0.1, 0.15) is 0 Å². The summed E-state index contributed by atoms with van der Waals surface area (Å²) in [5.41, 5.74) is -0.369. The lowest BCUT2D eigenvalue weighted by Gasteiger charge is -2.09. The van der Waals surface area contributed by atoms with Crippen LogP contribution < -0.4 is 5.32 Å². The average molecular weight is 269 g/mol. The number of nitrogens with one attached hydrogen (secondary N) is 1. The van der Waals surface area contributed by atoms with Crippen LogP contribution >= 0.6 is 0 Å². The Balaban J connectivity index is 2.02. The number of furan rings is 1. The number of hydrogen-bond donors (Lipinski definition) is 1. The van der Waals surface area contributed by atoms with Gasteiger partial charge in [0.25, 0.3) is 5.91 Å². The Kier molecular flexibility index (Phi) is 3.59. The fourth-order valence-electron chi connectivity index (χ4n) is 1.53. The van der Waals surface area contributed by atoms with Gasteiger partial charge in [-0.15, -0.1) is 0 Å². The highest BCUT2D eigenvalue weighted by Crippen LogP contribution is 2.29. The highest BCUT2D eigenvalue weighted by Gasteiger charge is 2.30. The standard InChI is InChI=1S/C13H10F3NO2/c14-13(15,16)10-4-1-3-9(7-10)8-17-12(18)11-5-2-6-19-11/h1-7H,8H2,(H,17,18). The van der Waals surface area contributed by atoms with Gasteiger partial charge in [0.05, 0.1) is 11.8 Å². The molecule has 1 aromatic carbocycles. The van der Waals surface area contributed by atoms with Crippen LogP contribution in [0.5, 0.6) is 0 Å². The fraction of sp³-hybridized carbons (Fsp3) is 0.154. The molecule has 100 valence electrons. The molecule has 0 saturated carbocycles. The second kappa shape index (κ2) is 5.17. The molecular formula is C13H10F3NO2. The van der Waals surface area contributed by atoms with Crippen LogP contribution in [0.1, 0.15) is 21.7 Å². The van der Waals surface area contributed by atoms with Gasteiger partial charge in [0.15, 0.2) is 5.76 Å². The van der Waals surface area contributed by atoms with Gasteiger partial charge in [0, 0.05) is 6.54 Å². The quantitative estimate of drug-likeness (QED) is 0.929. The summed E-state index contributed by atoms with van der Waals surface area (Å²) in [5, 5.41) is 2.48. The van der Waals surface area contributed by atoms with E-state index >= 15 is 0 Å². The highest BCUT2D eigenvalue weighted by molar-refractivity contribution is 5.91. The van der Waals surface area contributed by atoms with Crippen molar-refractivity contribution in [3.8, 4) is 0 Å². The number of alkyl halides is 3. The minimum absolute atomic E-state index is 0.00343. The Hall–Kier alpha value is -2.24. The van der Waals surface area contributed by atoms with E-state index < -0.39 is 17.6 Å². The molecule has 0 saturated heterocycles. The third kappa shape index (κ3) is 3.37. The number of amides is 1.